The summed E-state index contributed by atoms with van der Waals surface area (Å²) in [5.41, 5.74) is 0. The number of amides is 1. The Morgan fingerprint density at radius 2 is 1.94 bits per heavy atom. The van der Waals surface area contributed by atoms with Crippen molar-refractivity contribution in [3.05, 3.63) is 0 Å². The Labute approximate surface area is 98.8 Å². The zero-order valence-electron chi connectivity index (χ0n) is 10.8. The number of aliphatic hydroxyl groups is 1. The van der Waals surface area contributed by atoms with Crippen LogP contribution in [0.2, 0.25) is 0 Å². The Kier molecular flexibility index (Phi) is 5.26. The highest BCUT2D eigenvalue weighted by atomic mass is 16.3. The minimum Gasteiger partial charge on any atom is -0.383 e. The fraction of sp³-hybridized carbons (Fsp3) is 0.923. The van der Waals surface area contributed by atoms with Crippen LogP contribution in [0.25, 0.3) is 0 Å². The largest absolute Gasteiger partial charge is 0.383 e. The molecule has 3 nitrogen and oxygen atoms in total. The normalized spacial score (nSPS) is 20.2. The Morgan fingerprint density at radius 1 is 1.38 bits per heavy atom. The molecule has 0 bridgehead atoms. The van der Waals surface area contributed by atoms with Crippen LogP contribution < -0.4 is 0 Å². The summed E-state index contributed by atoms with van der Waals surface area (Å²) in [5, 5.41) is 9.65. The quantitative estimate of drug-likeness (QED) is 0.798. The Morgan fingerprint density at radius 3 is 2.38 bits per heavy atom. The molecule has 0 radical (unpaired) electrons. The van der Waals surface area contributed by atoms with Gasteiger partial charge < -0.3 is 10.0 Å². The molecule has 0 aromatic heterocycles. The summed E-state index contributed by atoms with van der Waals surface area (Å²) >= 11 is 0. The van der Waals surface area contributed by atoms with Gasteiger partial charge in [-0.05, 0) is 31.1 Å². The highest BCUT2D eigenvalue weighted by Crippen LogP contribution is 2.24. The van der Waals surface area contributed by atoms with Gasteiger partial charge in [0.05, 0.1) is 0 Å². The number of hydrogen-bond donors (Lipinski definition) is 1. The Hall–Kier alpha value is -0.570. The van der Waals surface area contributed by atoms with Crippen molar-refractivity contribution in [2.24, 2.45) is 11.8 Å². The molecule has 0 saturated carbocycles. The topological polar surface area (TPSA) is 40.5 Å². The summed E-state index contributed by atoms with van der Waals surface area (Å²) in [6.07, 6.45) is 2.84. The van der Waals surface area contributed by atoms with Crippen molar-refractivity contribution in [2.45, 2.75) is 52.6 Å². The van der Waals surface area contributed by atoms with Gasteiger partial charge in [-0.1, -0.05) is 27.2 Å². The molecule has 1 aliphatic heterocycles. The second kappa shape index (κ2) is 6.24. The maximum absolute atomic E-state index is 11.8. The molecule has 0 aromatic rings. The van der Waals surface area contributed by atoms with E-state index in [1.54, 1.807) is 0 Å². The fourth-order valence-corrected chi connectivity index (χ4v) is 2.39. The SMILES string of the molecule is CCC[C@H](O)C(=O)N1CCC(C(C)C)CC1. The third-order valence-electron chi connectivity index (χ3n) is 3.64. The molecule has 0 aromatic carbocycles. The summed E-state index contributed by atoms with van der Waals surface area (Å²) in [6, 6.07) is 0. The Bertz CT molecular complexity index is 220. The van der Waals surface area contributed by atoms with E-state index < -0.39 is 6.10 Å². The predicted molar refractivity (Wildman–Crippen MR) is 65.1 cm³/mol. The lowest BCUT2D eigenvalue weighted by atomic mass is 9.86. The average molecular weight is 227 g/mol. The summed E-state index contributed by atoms with van der Waals surface area (Å²) in [5.74, 6) is 1.38. The lowest BCUT2D eigenvalue weighted by Gasteiger charge is -2.34. The monoisotopic (exact) mass is 227 g/mol. The predicted octanol–water partition coefficient (Wildman–Crippen LogP) is 2.04. The first-order valence-corrected chi connectivity index (χ1v) is 6.53. The van der Waals surface area contributed by atoms with Gasteiger partial charge in [-0.3, -0.25) is 4.79 Å². The van der Waals surface area contributed by atoms with E-state index in [4.69, 9.17) is 0 Å². The van der Waals surface area contributed by atoms with Crippen LogP contribution in [0.4, 0.5) is 0 Å². The highest BCUT2D eigenvalue weighted by Gasteiger charge is 2.27. The number of carbonyl (C=O) groups excluding carboxylic acids is 1. The van der Waals surface area contributed by atoms with Crippen LogP contribution in [0.3, 0.4) is 0 Å². The summed E-state index contributed by atoms with van der Waals surface area (Å²) in [7, 11) is 0. The molecule has 1 fully saturated rings. The number of likely N-dealkylation sites (tertiary alicyclic amines) is 1. The van der Waals surface area contributed by atoms with Crippen molar-refractivity contribution in [2.75, 3.05) is 13.1 Å². The first kappa shape index (κ1) is 13.5. The minimum atomic E-state index is -0.777. The molecule has 0 unspecified atom stereocenters. The zero-order valence-corrected chi connectivity index (χ0v) is 10.8. The molecule has 1 rings (SSSR count). The van der Waals surface area contributed by atoms with Crippen molar-refractivity contribution >= 4 is 5.91 Å². The summed E-state index contributed by atoms with van der Waals surface area (Å²) in [4.78, 5) is 13.7. The fourth-order valence-electron chi connectivity index (χ4n) is 2.39. The van der Waals surface area contributed by atoms with Crippen LogP contribution >= 0.6 is 0 Å². The van der Waals surface area contributed by atoms with E-state index in [1.165, 1.54) is 0 Å². The molecule has 1 heterocycles. The second-order valence-electron chi connectivity index (χ2n) is 5.21. The standard InChI is InChI=1S/C13H25NO2/c1-4-5-12(15)13(16)14-8-6-11(7-9-14)10(2)3/h10-12,15H,4-9H2,1-3H3/t12-/m0/s1. The van der Waals surface area contributed by atoms with Crippen molar-refractivity contribution in [1.82, 2.24) is 4.90 Å². The third-order valence-corrected chi connectivity index (χ3v) is 3.64. The van der Waals surface area contributed by atoms with E-state index in [0.717, 1.165) is 38.3 Å². The van der Waals surface area contributed by atoms with Gasteiger partial charge in [-0.2, -0.15) is 0 Å². The number of carbonyl (C=O) groups is 1. The molecule has 1 saturated heterocycles. The van der Waals surface area contributed by atoms with Crippen molar-refractivity contribution in [3.63, 3.8) is 0 Å². The molecular weight excluding hydrogens is 202 g/mol. The molecule has 16 heavy (non-hydrogen) atoms. The number of hydrogen-bond acceptors (Lipinski definition) is 2. The molecule has 0 aliphatic carbocycles. The smallest absolute Gasteiger partial charge is 0.251 e. The first-order valence-electron chi connectivity index (χ1n) is 6.53. The van der Waals surface area contributed by atoms with E-state index >= 15 is 0 Å². The van der Waals surface area contributed by atoms with E-state index in [0.29, 0.717) is 12.3 Å². The number of piperidine rings is 1. The van der Waals surface area contributed by atoms with E-state index in [-0.39, 0.29) is 5.91 Å². The number of rotatable bonds is 4. The minimum absolute atomic E-state index is 0.0657. The van der Waals surface area contributed by atoms with Crippen LogP contribution in [0.15, 0.2) is 0 Å². The molecule has 0 spiro atoms. The van der Waals surface area contributed by atoms with E-state index in [1.807, 2.05) is 11.8 Å². The van der Waals surface area contributed by atoms with Gasteiger partial charge >= 0.3 is 0 Å². The van der Waals surface area contributed by atoms with Gasteiger partial charge in [0.2, 0.25) is 0 Å². The highest BCUT2D eigenvalue weighted by molar-refractivity contribution is 5.80. The van der Waals surface area contributed by atoms with Crippen LogP contribution in [0.1, 0.15) is 46.5 Å². The average Bonchev–Trinajstić information content (AvgIpc) is 2.28. The van der Waals surface area contributed by atoms with E-state index in [9.17, 15) is 9.90 Å². The van der Waals surface area contributed by atoms with Crippen molar-refractivity contribution in [1.29, 1.82) is 0 Å². The zero-order chi connectivity index (χ0) is 12.1. The van der Waals surface area contributed by atoms with Gasteiger partial charge in [0.15, 0.2) is 0 Å². The van der Waals surface area contributed by atoms with Crippen LogP contribution in [0.5, 0.6) is 0 Å². The molecule has 3 heteroatoms. The molecule has 1 N–H and O–H groups in total. The molecule has 1 aliphatic rings. The van der Waals surface area contributed by atoms with E-state index in [2.05, 4.69) is 13.8 Å². The number of nitrogens with zero attached hydrogens (tertiary/aromatic N) is 1. The van der Waals surface area contributed by atoms with Gasteiger partial charge in [-0.25, -0.2) is 0 Å². The molecule has 94 valence electrons. The summed E-state index contributed by atoms with van der Waals surface area (Å²) < 4.78 is 0. The molecule has 1 amide bonds. The first-order chi connectivity index (χ1) is 7.56. The van der Waals surface area contributed by atoms with Crippen LogP contribution in [-0.4, -0.2) is 35.1 Å². The van der Waals surface area contributed by atoms with Gasteiger partial charge in [0.1, 0.15) is 6.10 Å². The summed E-state index contributed by atoms with van der Waals surface area (Å²) in [6.45, 7) is 8.12. The lowest BCUT2D eigenvalue weighted by molar-refractivity contribution is -0.142. The van der Waals surface area contributed by atoms with Crippen LogP contribution in [0, 0.1) is 11.8 Å². The molecular formula is C13H25NO2. The van der Waals surface area contributed by atoms with Crippen molar-refractivity contribution in [3.8, 4) is 0 Å². The van der Waals surface area contributed by atoms with Gasteiger partial charge in [0.25, 0.3) is 5.91 Å². The van der Waals surface area contributed by atoms with Crippen molar-refractivity contribution < 1.29 is 9.90 Å². The van der Waals surface area contributed by atoms with Crippen LogP contribution in [-0.2, 0) is 4.79 Å². The lowest BCUT2D eigenvalue weighted by Crippen LogP contribution is -2.44. The Balaban J connectivity index is 2.38. The maximum Gasteiger partial charge on any atom is 0.251 e. The maximum atomic E-state index is 11.8. The second-order valence-corrected chi connectivity index (χ2v) is 5.21. The number of aliphatic hydroxyl groups excluding tert-OH is 1. The molecule has 1 atom stereocenters. The third kappa shape index (κ3) is 3.48. The van der Waals surface area contributed by atoms with Gasteiger partial charge in [0, 0.05) is 13.1 Å². The van der Waals surface area contributed by atoms with Gasteiger partial charge in [-0.15, -0.1) is 0 Å².